The molecule has 6 nitrogen and oxygen atoms in total. The number of aromatic nitrogens is 2. The van der Waals surface area contributed by atoms with Gasteiger partial charge in [-0.15, -0.1) is 0 Å². The summed E-state index contributed by atoms with van der Waals surface area (Å²) in [4.78, 5) is 16.8. The molecule has 0 aliphatic rings. The van der Waals surface area contributed by atoms with Crippen molar-refractivity contribution in [3.8, 4) is 0 Å². The van der Waals surface area contributed by atoms with Gasteiger partial charge in [-0.2, -0.15) is 18.3 Å². The van der Waals surface area contributed by atoms with Gasteiger partial charge in [0.05, 0.1) is 11.1 Å². The molecule has 0 bridgehead atoms. The van der Waals surface area contributed by atoms with Crippen LogP contribution in [0.2, 0.25) is 0 Å². The summed E-state index contributed by atoms with van der Waals surface area (Å²) in [5.41, 5.74) is -1.95. The van der Waals surface area contributed by atoms with E-state index < -0.39 is 35.3 Å². The average Bonchev–Trinajstić information content (AvgIpc) is 3.09. The van der Waals surface area contributed by atoms with Gasteiger partial charge in [0.25, 0.3) is 12.3 Å². The first-order chi connectivity index (χ1) is 13.4. The quantitative estimate of drug-likeness (QED) is 0.373. The minimum absolute atomic E-state index is 0.00123. The fraction of sp³-hybridized carbons (Fsp3) is 0.389. The molecule has 0 saturated heterocycles. The summed E-state index contributed by atoms with van der Waals surface area (Å²) in [7, 11) is 0. The fourth-order valence-electron chi connectivity index (χ4n) is 2.09. The van der Waals surface area contributed by atoms with Crippen LogP contribution in [0.15, 0.2) is 35.3 Å². The van der Waals surface area contributed by atoms with E-state index in [4.69, 9.17) is 0 Å². The van der Waals surface area contributed by atoms with Crippen LogP contribution in [0.25, 0.3) is 0 Å². The third-order valence-electron chi connectivity index (χ3n) is 4.07. The van der Waals surface area contributed by atoms with Gasteiger partial charge in [0.1, 0.15) is 5.69 Å². The molecule has 0 unspecified atom stereocenters. The summed E-state index contributed by atoms with van der Waals surface area (Å²) >= 11 is 0. The van der Waals surface area contributed by atoms with Crippen LogP contribution in [0.4, 0.5) is 27.8 Å². The maximum absolute atomic E-state index is 12.7. The number of alkyl halides is 5. The summed E-state index contributed by atoms with van der Waals surface area (Å²) in [6, 6.07) is 4.70. The highest BCUT2D eigenvalue weighted by atomic mass is 19.4. The third kappa shape index (κ3) is 6.26. The number of H-pyrrole nitrogens is 1. The van der Waals surface area contributed by atoms with Crippen LogP contribution >= 0.6 is 0 Å². The van der Waals surface area contributed by atoms with Crippen molar-refractivity contribution < 1.29 is 26.7 Å². The lowest BCUT2D eigenvalue weighted by molar-refractivity contribution is -0.137. The molecule has 1 amide bonds. The number of rotatable bonds is 5. The van der Waals surface area contributed by atoms with Gasteiger partial charge >= 0.3 is 6.18 Å². The molecular weight excluding hydrogens is 397 g/mol. The van der Waals surface area contributed by atoms with Crippen molar-refractivity contribution >= 4 is 17.7 Å². The van der Waals surface area contributed by atoms with Crippen molar-refractivity contribution in [2.45, 2.75) is 45.3 Å². The van der Waals surface area contributed by atoms with Gasteiger partial charge in [-0.1, -0.05) is 6.92 Å². The Morgan fingerprint density at radius 3 is 2.31 bits per heavy atom. The van der Waals surface area contributed by atoms with Gasteiger partial charge < -0.3 is 5.32 Å². The number of amides is 1. The Kier molecular flexibility index (Phi) is 6.60. The van der Waals surface area contributed by atoms with Crippen molar-refractivity contribution in [3.05, 3.63) is 47.2 Å². The Morgan fingerprint density at radius 2 is 1.83 bits per heavy atom. The number of hydrogen-bond donors (Lipinski definition) is 3. The van der Waals surface area contributed by atoms with Crippen LogP contribution in [0.5, 0.6) is 0 Å². The molecule has 0 atom stereocenters. The van der Waals surface area contributed by atoms with Gasteiger partial charge in [0.15, 0.2) is 5.82 Å². The highest BCUT2D eigenvalue weighted by molar-refractivity contribution is 6.09. The molecule has 158 valence electrons. The zero-order valence-corrected chi connectivity index (χ0v) is 15.9. The van der Waals surface area contributed by atoms with E-state index >= 15 is 0 Å². The molecule has 2 aromatic rings. The molecule has 0 aliphatic carbocycles. The predicted molar refractivity (Wildman–Crippen MR) is 97.9 cm³/mol. The molecule has 0 spiro atoms. The zero-order valence-electron chi connectivity index (χ0n) is 15.9. The first-order valence-electron chi connectivity index (χ1n) is 8.60. The van der Waals surface area contributed by atoms with Crippen LogP contribution in [-0.4, -0.2) is 27.6 Å². The van der Waals surface area contributed by atoms with E-state index in [1.54, 1.807) is 13.8 Å². The standard InChI is InChI=1S/C18H20F5N5O/c1-4-17(2,3)26-16(24-13-9-12(14(19)20)27-28-13)25-15(29)10-5-7-11(8-6-10)18(21,22)23/h5-9,14H,4H2,1-3H3,(H3,24,25,26,27,28,29). The lowest BCUT2D eigenvalue weighted by atomic mass is 10.0. The topological polar surface area (TPSA) is 82.2 Å². The van der Waals surface area contributed by atoms with Gasteiger partial charge in [-0.05, 0) is 44.5 Å². The van der Waals surface area contributed by atoms with E-state index in [1.807, 2.05) is 6.92 Å². The first kappa shape index (κ1) is 22.3. The maximum Gasteiger partial charge on any atom is 0.416 e. The van der Waals surface area contributed by atoms with Crippen molar-refractivity contribution in [1.29, 1.82) is 0 Å². The zero-order chi connectivity index (χ0) is 21.8. The number of guanidine groups is 1. The lowest BCUT2D eigenvalue weighted by Gasteiger charge is -2.20. The van der Waals surface area contributed by atoms with Gasteiger partial charge in [0.2, 0.25) is 5.96 Å². The molecule has 0 radical (unpaired) electrons. The molecular formula is C18H20F5N5O. The summed E-state index contributed by atoms with van der Waals surface area (Å²) in [5.74, 6) is -0.797. The number of nitrogens with zero attached hydrogens (tertiary/aromatic N) is 2. The minimum Gasteiger partial charge on any atom is -0.309 e. The Hall–Kier alpha value is -2.98. The number of carbonyl (C=O) groups excluding carboxylic acids is 1. The third-order valence-corrected chi connectivity index (χ3v) is 4.07. The van der Waals surface area contributed by atoms with Gasteiger partial charge in [-0.25, -0.2) is 13.8 Å². The van der Waals surface area contributed by atoms with Crippen molar-refractivity contribution in [2.75, 3.05) is 5.32 Å². The van der Waals surface area contributed by atoms with E-state index in [1.165, 1.54) is 0 Å². The number of anilines is 1. The number of hydrogen-bond acceptors (Lipinski definition) is 3. The van der Waals surface area contributed by atoms with E-state index in [0.29, 0.717) is 6.42 Å². The summed E-state index contributed by atoms with van der Waals surface area (Å²) in [6.45, 7) is 5.43. The summed E-state index contributed by atoms with van der Waals surface area (Å²) < 4.78 is 63.4. The predicted octanol–water partition coefficient (Wildman–Crippen LogP) is 4.75. The first-order valence-corrected chi connectivity index (χ1v) is 8.60. The van der Waals surface area contributed by atoms with Crippen molar-refractivity contribution in [2.24, 2.45) is 4.99 Å². The van der Waals surface area contributed by atoms with Crippen molar-refractivity contribution in [1.82, 2.24) is 15.5 Å². The Labute approximate surface area is 163 Å². The molecule has 1 aromatic heterocycles. The Balaban J connectivity index is 2.23. The Morgan fingerprint density at radius 1 is 1.21 bits per heavy atom. The lowest BCUT2D eigenvalue weighted by Crippen LogP contribution is -2.38. The maximum atomic E-state index is 12.7. The van der Waals surface area contributed by atoms with Crippen LogP contribution in [0.1, 0.15) is 55.2 Å². The smallest absolute Gasteiger partial charge is 0.309 e. The summed E-state index contributed by atoms with van der Waals surface area (Å²) in [6.07, 6.45) is -6.68. The monoisotopic (exact) mass is 417 g/mol. The second-order valence-corrected chi connectivity index (χ2v) is 6.79. The van der Waals surface area contributed by atoms with E-state index in [9.17, 15) is 26.7 Å². The second-order valence-electron chi connectivity index (χ2n) is 6.79. The SMILES string of the molecule is CCC(C)(C)N=C(NC(=O)c1ccc(C(F)(F)F)cc1)Nc1cc(C(F)F)[nH]n1. The molecule has 1 heterocycles. The molecule has 0 saturated carbocycles. The highest BCUT2D eigenvalue weighted by Gasteiger charge is 2.30. The van der Waals surface area contributed by atoms with Gasteiger partial charge in [0, 0.05) is 11.6 Å². The van der Waals surface area contributed by atoms with E-state index in [-0.39, 0.29) is 17.3 Å². The molecule has 0 aliphatic heterocycles. The van der Waals surface area contributed by atoms with Crippen molar-refractivity contribution in [3.63, 3.8) is 0 Å². The summed E-state index contributed by atoms with van der Waals surface area (Å²) in [5, 5.41) is 10.9. The number of carbonyl (C=O) groups is 1. The average molecular weight is 417 g/mol. The van der Waals surface area contributed by atoms with E-state index in [0.717, 1.165) is 30.3 Å². The highest BCUT2D eigenvalue weighted by Crippen LogP contribution is 2.29. The number of aromatic amines is 1. The normalized spacial score (nSPS) is 12.9. The molecule has 0 fully saturated rings. The van der Waals surface area contributed by atoms with Crippen LogP contribution in [0, 0.1) is 0 Å². The molecule has 1 aromatic carbocycles. The second kappa shape index (κ2) is 8.58. The minimum atomic E-state index is -4.52. The molecule has 2 rings (SSSR count). The molecule has 3 N–H and O–H groups in total. The number of nitrogens with one attached hydrogen (secondary N) is 3. The van der Waals surface area contributed by atoms with Crippen LogP contribution < -0.4 is 10.6 Å². The van der Waals surface area contributed by atoms with Gasteiger partial charge in [-0.3, -0.25) is 15.2 Å². The number of aliphatic imine (C=N–C) groups is 1. The number of halogens is 5. The van der Waals surface area contributed by atoms with Crippen LogP contribution in [0.3, 0.4) is 0 Å². The molecule has 11 heteroatoms. The van der Waals surface area contributed by atoms with E-state index in [2.05, 4.69) is 25.8 Å². The Bertz CT molecular complexity index is 872. The number of benzene rings is 1. The fourth-order valence-corrected chi connectivity index (χ4v) is 2.09. The van der Waals surface area contributed by atoms with Crippen LogP contribution in [-0.2, 0) is 6.18 Å². The largest absolute Gasteiger partial charge is 0.416 e. The molecule has 29 heavy (non-hydrogen) atoms.